The van der Waals surface area contributed by atoms with Crippen LogP contribution in [0, 0.1) is 11.8 Å². The van der Waals surface area contributed by atoms with Crippen LogP contribution in [-0.4, -0.2) is 23.4 Å². The van der Waals surface area contributed by atoms with E-state index in [1.54, 1.807) is 0 Å². The Kier molecular flexibility index (Phi) is 6.69. The van der Waals surface area contributed by atoms with Gasteiger partial charge in [-0.05, 0) is 31.2 Å². The van der Waals surface area contributed by atoms with Crippen molar-refractivity contribution in [2.24, 2.45) is 17.6 Å². The van der Waals surface area contributed by atoms with Gasteiger partial charge in [0.25, 0.3) is 0 Å². The Morgan fingerprint density at radius 2 is 1.90 bits per heavy atom. The third-order valence-electron chi connectivity index (χ3n) is 4.77. The van der Waals surface area contributed by atoms with E-state index in [1.165, 1.54) is 6.42 Å². The zero-order valence-corrected chi connectivity index (χ0v) is 14.0. The summed E-state index contributed by atoms with van der Waals surface area (Å²) in [5.41, 5.74) is 7.31. The van der Waals surface area contributed by atoms with Crippen LogP contribution in [0.15, 0.2) is 30.3 Å². The minimum atomic E-state index is -0.229. The van der Waals surface area contributed by atoms with E-state index < -0.39 is 0 Å². The van der Waals surface area contributed by atoms with Crippen molar-refractivity contribution in [1.29, 1.82) is 0 Å². The topological polar surface area (TPSA) is 46.3 Å². The zero-order valence-electron chi connectivity index (χ0n) is 13.2. The van der Waals surface area contributed by atoms with E-state index in [4.69, 9.17) is 5.73 Å². The van der Waals surface area contributed by atoms with Gasteiger partial charge in [0.1, 0.15) is 0 Å². The van der Waals surface area contributed by atoms with E-state index >= 15 is 0 Å². The highest BCUT2D eigenvalue weighted by Crippen LogP contribution is 2.27. The fraction of sp³-hybridized carbons (Fsp3) is 0.588. The van der Waals surface area contributed by atoms with Crippen molar-refractivity contribution in [2.45, 2.75) is 45.7 Å². The summed E-state index contributed by atoms with van der Waals surface area (Å²) in [5, 5.41) is 0. The fourth-order valence-corrected chi connectivity index (χ4v) is 3.03. The number of benzene rings is 1. The van der Waals surface area contributed by atoms with Gasteiger partial charge in [-0.2, -0.15) is 0 Å². The molecule has 1 fully saturated rings. The third-order valence-corrected chi connectivity index (χ3v) is 4.77. The minimum absolute atomic E-state index is 0. The van der Waals surface area contributed by atoms with Crippen LogP contribution in [-0.2, 0) is 4.79 Å². The highest BCUT2D eigenvalue weighted by Gasteiger charge is 2.33. The fourth-order valence-electron chi connectivity index (χ4n) is 3.03. The first kappa shape index (κ1) is 18.0. The van der Waals surface area contributed by atoms with Gasteiger partial charge >= 0.3 is 0 Å². The number of amides is 1. The zero-order chi connectivity index (χ0) is 14.7. The van der Waals surface area contributed by atoms with E-state index in [0.29, 0.717) is 12.0 Å². The average molecular weight is 311 g/mol. The Morgan fingerprint density at radius 3 is 2.52 bits per heavy atom. The van der Waals surface area contributed by atoms with Gasteiger partial charge in [-0.25, -0.2) is 0 Å². The molecule has 4 atom stereocenters. The second kappa shape index (κ2) is 7.81. The van der Waals surface area contributed by atoms with Gasteiger partial charge in [-0.3, -0.25) is 4.79 Å². The number of rotatable bonds is 3. The standard InChI is InChI=1S/C17H26N2O.ClH/c1-12-8-7-11-19(14(12)3)17(20)13(2)16(18)15-9-5-4-6-10-15;/h4-6,9-10,12-14,16H,7-8,11,18H2,1-3H3;1H. The van der Waals surface area contributed by atoms with Crippen LogP contribution in [0.1, 0.15) is 45.2 Å². The molecule has 0 radical (unpaired) electrons. The van der Waals surface area contributed by atoms with Crippen molar-refractivity contribution in [1.82, 2.24) is 4.90 Å². The normalized spacial score (nSPS) is 24.9. The molecule has 4 heteroatoms. The SMILES string of the molecule is CC1CCCN(C(=O)C(C)C(N)c2ccccc2)C1C.Cl. The van der Waals surface area contributed by atoms with Gasteiger partial charge in [0.15, 0.2) is 0 Å². The van der Waals surface area contributed by atoms with Gasteiger partial charge in [0.05, 0.1) is 5.92 Å². The highest BCUT2D eigenvalue weighted by molar-refractivity contribution is 5.85. The predicted octanol–water partition coefficient (Wildman–Crippen LogP) is 3.39. The number of nitrogens with zero attached hydrogens (tertiary/aromatic N) is 1. The lowest BCUT2D eigenvalue weighted by Gasteiger charge is -2.40. The lowest BCUT2D eigenvalue weighted by molar-refractivity contribution is -0.140. The van der Waals surface area contributed by atoms with Crippen LogP contribution in [0.3, 0.4) is 0 Å². The maximum absolute atomic E-state index is 12.7. The number of halogens is 1. The van der Waals surface area contributed by atoms with E-state index in [1.807, 2.05) is 42.2 Å². The van der Waals surface area contributed by atoms with Crippen LogP contribution >= 0.6 is 12.4 Å². The average Bonchev–Trinajstić information content (AvgIpc) is 2.48. The van der Waals surface area contributed by atoms with Crippen LogP contribution in [0.25, 0.3) is 0 Å². The number of piperidine rings is 1. The quantitative estimate of drug-likeness (QED) is 0.930. The Morgan fingerprint density at radius 1 is 1.29 bits per heavy atom. The Hall–Kier alpha value is -1.06. The predicted molar refractivity (Wildman–Crippen MR) is 89.4 cm³/mol. The van der Waals surface area contributed by atoms with Crippen molar-refractivity contribution in [3.8, 4) is 0 Å². The molecule has 0 bridgehead atoms. The van der Waals surface area contributed by atoms with Crippen molar-refractivity contribution < 1.29 is 4.79 Å². The van der Waals surface area contributed by atoms with Gasteiger partial charge in [-0.15, -0.1) is 12.4 Å². The van der Waals surface area contributed by atoms with Gasteiger partial charge in [0, 0.05) is 18.6 Å². The molecular weight excluding hydrogens is 284 g/mol. The number of hydrogen-bond donors (Lipinski definition) is 1. The molecule has 118 valence electrons. The maximum atomic E-state index is 12.7. The molecule has 0 aliphatic carbocycles. The summed E-state index contributed by atoms with van der Waals surface area (Å²) in [6, 6.07) is 10.00. The molecule has 1 aromatic rings. The summed E-state index contributed by atoms with van der Waals surface area (Å²) in [7, 11) is 0. The Labute approximate surface area is 134 Å². The Bertz CT molecular complexity index is 451. The monoisotopic (exact) mass is 310 g/mol. The first-order valence-electron chi connectivity index (χ1n) is 7.63. The summed E-state index contributed by atoms with van der Waals surface area (Å²) in [6.45, 7) is 7.20. The van der Waals surface area contributed by atoms with E-state index in [-0.39, 0.29) is 30.3 Å². The highest BCUT2D eigenvalue weighted by atomic mass is 35.5. The van der Waals surface area contributed by atoms with Crippen molar-refractivity contribution in [3.63, 3.8) is 0 Å². The van der Waals surface area contributed by atoms with Crippen molar-refractivity contribution in [3.05, 3.63) is 35.9 Å². The van der Waals surface area contributed by atoms with Crippen LogP contribution in [0.2, 0.25) is 0 Å². The summed E-state index contributed by atoms with van der Waals surface area (Å²) >= 11 is 0. The van der Waals surface area contributed by atoms with Crippen LogP contribution in [0.5, 0.6) is 0 Å². The molecule has 2 rings (SSSR count). The summed E-state index contributed by atoms with van der Waals surface area (Å²) in [4.78, 5) is 14.7. The summed E-state index contributed by atoms with van der Waals surface area (Å²) < 4.78 is 0. The minimum Gasteiger partial charge on any atom is -0.339 e. The number of carbonyl (C=O) groups excluding carboxylic acids is 1. The molecule has 4 unspecified atom stereocenters. The molecule has 1 heterocycles. The molecule has 1 amide bonds. The molecule has 0 aromatic heterocycles. The van der Waals surface area contributed by atoms with Crippen LogP contribution < -0.4 is 5.73 Å². The molecule has 1 saturated heterocycles. The second-order valence-corrected chi connectivity index (χ2v) is 6.12. The summed E-state index contributed by atoms with van der Waals surface area (Å²) in [6.07, 6.45) is 2.31. The van der Waals surface area contributed by atoms with Gasteiger partial charge in [-0.1, -0.05) is 44.2 Å². The molecule has 0 saturated carbocycles. The molecular formula is C17H27ClN2O. The molecule has 1 aliphatic rings. The van der Waals surface area contributed by atoms with E-state index in [9.17, 15) is 4.79 Å². The molecule has 0 spiro atoms. The van der Waals surface area contributed by atoms with E-state index in [0.717, 1.165) is 18.5 Å². The van der Waals surface area contributed by atoms with Gasteiger partial charge in [0.2, 0.25) is 5.91 Å². The molecule has 21 heavy (non-hydrogen) atoms. The Balaban J connectivity index is 0.00000220. The second-order valence-electron chi connectivity index (χ2n) is 6.12. The smallest absolute Gasteiger partial charge is 0.227 e. The number of hydrogen-bond acceptors (Lipinski definition) is 2. The third kappa shape index (κ3) is 3.98. The van der Waals surface area contributed by atoms with E-state index in [2.05, 4.69) is 13.8 Å². The van der Waals surface area contributed by atoms with Crippen LogP contribution in [0.4, 0.5) is 0 Å². The lowest BCUT2D eigenvalue weighted by Crippen LogP contribution is -2.49. The molecule has 2 N–H and O–H groups in total. The number of likely N-dealkylation sites (tertiary alicyclic amines) is 1. The largest absolute Gasteiger partial charge is 0.339 e. The summed E-state index contributed by atoms with van der Waals surface area (Å²) in [5.74, 6) is 0.596. The lowest BCUT2D eigenvalue weighted by atomic mass is 9.88. The van der Waals surface area contributed by atoms with Gasteiger partial charge < -0.3 is 10.6 Å². The number of nitrogens with two attached hydrogens (primary N) is 1. The first-order valence-corrected chi connectivity index (χ1v) is 7.63. The molecule has 1 aromatic carbocycles. The molecule has 3 nitrogen and oxygen atoms in total. The maximum Gasteiger partial charge on any atom is 0.227 e. The van der Waals surface area contributed by atoms with Crippen molar-refractivity contribution in [2.75, 3.05) is 6.54 Å². The van der Waals surface area contributed by atoms with Crippen molar-refractivity contribution >= 4 is 18.3 Å². The first-order chi connectivity index (χ1) is 9.52. The number of carbonyl (C=O) groups is 1. The molecule has 1 aliphatic heterocycles.